The van der Waals surface area contributed by atoms with Gasteiger partial charge in [0.05, 0.1) is 0 Å². The van der Waals surface area contributed by atoms with Crippen molar-refractivity contribution in [3.63, 3.8) is 0 Å². The van der Waals surface area contributed by atoms with Gasteiger partial charge in [-0.15, -0.1) is 0 Å². The summed E-state index contributed by atoms with van der Waals surface area (Å²) in [5.74, 6) is -0.162. The van der Waals surface area contributed by atoms with Gasteiger partial charge in [-0.05, 0) is 37.6 Å². The second-order valence-corrected chi connectivity index (χ2v) is 5.60. The molecule has 2 aromatic rings. The predicted octanol–water partition coefficient (Wildman–Crippen LogP) is 5.00. The summed E-state index contributed by atoms with van der Waals surface area (Å²) in [6, 6.07) is 15.2. The fourth-order valence-corrected chi connectivity index (χ4v) is 2.40. The third-order valence-electron chi connectivity index (χ3n) is 3.24. The van der Waals surface area contributed by atoms with E-state index in [9.17, 15) is 4.39 Å². The number of hydrogen-bond acceptors (Lipinski definition) is 1. The van der Waals surface area contributed by atoms with Crippen molar-refractivity contribution in [1.29, 1.82) is 0 Å². The summed E-state index contributed by atoms with van der Waals surface area (Å²) in [4.78, 5) is 0. The number of rotatable bonds is 4. The predicted molar refractivity (Wildman–Crippen MR) is 80.5 cm³/mol. The van der Waals surface area contributed by atoms with Crippen LogP contribution in [0.3, 0.4) is 0 Å². The van der Waals surface area contributed by atoms with Gasteiger partial charge in [0.15, 0.2) is 0 Å². The zero-order valence-electron chi connectivity index (χ0n) is 11.0. The molecule has 0 aliphatic heterocycles. The van der Waals surface area contributed by atoms with Crippen molar-refractivity contribution in [3.8, 4) is 0 Å². The second kappa shape index (κ2) is 6.31. The number of benzene rings is 2. The molecule has 0 aliphatic carbocycles. The van der Waals surface area contributed by atoms with Crippen LogP contribution >= 0.6 is 15.9 Å². The van der Waals surface area contributed by atoms with Crippen LogP contribution in [0, 0.1) is 5.82 Å². The van der Waals surface area contributed by atoms with E-state index in [-0.39, 0.29) is 17.9 Å². The Morgan fingerprint density at radius 1 is 0.947 bits per heavy atom. The molecule has 3 heteroatoms. The third kappa shape index (κ3) is 3.64. The molecule has 2 aromatic carbocycles. The van der Waals surface area contributed by atoms with Gasteiger partial charge in [0.2, 0.25) is 0 Å². The van der Waals surface area contributed by atoms with Gasteiger partial charge in [0.1, 0.15) is 5.82 Å². The molecule has 2 atom stereocenters. The Morgan fingerprint density at radius 2 is 1.58 bits per heavy atom. The van der Waals surface area contributed by atoms with Gasteiger partial charge in [-0.25, -0.2) is 4.39 Å². The number of halogens is 2. The van der Waals surface area contributed by atoms with Crippen LogP contribution in [0.15, 0.2) is 53.0 Å². The van der Waals surface area contributed by atoms with Crippen molar-refractivity contribution in [1.82, 2.24) is 5.32 Å². The van der Waals surface area contributed by atoms with Crippen LogP contribution in [-0.4, -0.2) is 0 Å². The normalized spacial score (nSPS) is 14.1. The molecule has 19 heavy (non-hydrogen) atoms. The molecule has 0 radical (unpaired) electrons. The molecule has 1 N–H and O–H groups in total. The molecule has 1 unspecified atom stereocenters. The fraction of sp³-hybridized carbons (Fsp3) is 0.250. The largest absolute Gasteiger partial charge is 0.304 e. The lowest BCUT2D eigenvalue weighted by atomic mass is 10.0. The van der Waals surface area contributed by atoms with E-state index in [1.807, 2.05) is 31.2 Å². The summed E-state index contributed by atoms with van der Waals surface area (Å²) in [6.45, 7) is 4.06. The Morgan fingerprint density at radius 3 is 2.21 bits per heavy atom. The molecule has 0 amide bonds. The average Bonchev–Trinajstić information content (AvgIpc) is 2.39. The van der Waals surface area contributed by atoms with Crippen LogP contribution < -0.4 is 5.32 Å². The van der Waals surface area contributed by atoms with Crippen LogP contribution in [0.4, 0.5) is 4.39 Å². The minimum Gasteiger partial charge on any atom is -0.304 e. The molecule has 0 saturated carbocycles. The second-order valence-electron chi connectivity index (χ2n) is 4.68. The standard InChI is InChI=1S/C16H17BrFN/c1-11(13-7-9-14(17)10-8-13)19-12(2)15-5-3-4-6-16(15)18/h3-12,19H,1-2H3/t11?,12-/m1/s1. The quantitative estimate of drug-likeness (QED) is 0.835. The van der Waals surface area contributed by atoms with Gasteiger partial charge < -0.3 is 5.32 Å². The Labute approximate surface area is 122 Å². The maximum absolute atomic E-state index is 13.7. The van der Waals surface area contributed by atoms with Crippen LogP contribution in [-0.2, 0) is 0 Å². The van der Waals surface area contributed by atoms with E-state index in [2.05, 4.69) is 40.3 Å². The highest BCUT2D eigenvalue weighted by molar-refractivity contribution is 9.10. The van der Waals surface area contributed by atoms with Crippen molar-refractivity contribution in [2.45, 2.75) is 25.9 Å². The first-order chi connectivity index (χ1) is 9.08. The summed E-state index contributed by atoms with van der Waals surface area (Å²) < 4.78 is 14.8. The molecule has 0 fully saturated rings. The Balaban J connectivity index is 2.08. The molecule has 0 aliphatic rings. The average molecular weight is 322 g/mol. The number of hydrogen-bond donors (Lipinski definition) is 1. The van der Waals surface area contributed by atoms with Gasteiger partial charge in [0.25, 0.3) is 0 Å². The van der Waals surface area contributed by atoms with E-state index in [0.29, 0.717) is 5.56 Å². The van der Waals surface area contributed by atoms with E-state index >= 15 is 0 Å². The third-order valence-corrected chi connectivity index (χ3v) is 3.77. The highest BCUT2D eigenvalue weighted by Gasteiger charge is 2.13. The van der Waals surface area contributed by atoms with Crippen molar-refractivity contribution in [3.05, 3.63) is 69.9 Å². The molecular weight excluding hydrogens is 305 g/mol. The summed E-state index contributed by atoms with van der Waals surface area (Å²) in [5.41, 5.74) is 1.89. The summed E-state index contributed by atoms with van der Waals surface area (Å²) in [6.07, 6.45) is 0. The van der Waals surface area contributed by atoms with Crippen molar-refractivity contribution >= 4 is 15.9 Å². The molecule has 0 saturated heterocycles. The first-order valence-electron chi connectivity index (χ1n) is 6.34. The molecule has 0 spiro atoms. The summed E-state index contributed by atoms with van der Waals surface area (Å²) in [7, 11) is 0. The van der Waals surface area contributed by atoms with E-state index in [1.54, 1.807) is 6.07 Å². The van der Waals surface area contributed by atoms with Crippen molar-refractivity contribution in [2.24, 2.45) is 0 Å². The molecule has 0 heterocycles. The van der Waals surface area contributed by atoms with Crippen LogP contribution in [0.2, 0.25) is 0 Å². The Bertz CT molecular complexity index is 539. The van der Waals surface area contributed by atoms with Crippen molar-refractivity contribution in [2.75, 3.05) is 0 Å². The van der Waals surface area contributed by atoms with E-state index in [4.69, 9.17) is 0 Å². The lowest BCUT2D eigenvalue weighted by Crippen LogP contribution is -2.23. The van der Waals surface area contributed by atoms with E-state index in [1.165, 1.54) is 11.6 Å². The first kappa shape index (κ1) is 14.2. The smallest absolute Gasteiger partial charge is 0.127 e. The molecule has 100 valence electrons. The van der Waals surface area contributed by atoms with E-state index in [0.717, 1.165) is 4.47 Å². The maximum atomic E-state index is 13.7. The molecule has 0 aromatic heterocycles. The van der Waals surface area contributed by atoms with Gasteiger partial charge in [-0.2, -0.15) is 0 Å². The van der Waals surface area contributed by atoms with Crippen molar-refractivity contribution < 1.29 is 4.39 Å². The van der Waals surface area contributed by atoms with Crippen LogP contribution in [0.5, 0.6) is 0 Å². The number of nitrogens with one attached hydrogen (secondary N) is 1. The monoisotopic (exact) mass is 321 g/mol. The van der Waals surface area contributed by atoms with Crippen LogP contribution in [0.1, 0.15) is 37.1 Å². The van der Waals surface area contributed by atoms with Crippen LogP contribution in [0.25, 0.3) is 0 Å². The van der Waals surface area contributed by atoms with Gasteiger partial charge in [0, 0.05) is 22.1 Å². The summed E-state index contributed by atoms with van der Waals surface area (Å²) in [5, 5.41) is 3.42. The fourth-order valence-electron chi connectivity index (χ4n) is 2.14. The minimum atomic E-state index is -0.162. The zero-order chi connectivity index (χ0) is 13.8. The lowest BCUT2D eigenvalue weighted by molar-refractivity contribution is 0.474. The lowest BCUT2D eigenvalue weighted by Gasteiger charge is -2.21. The molecule has 0 bridgehead atoms. The van der Waals surface area contributed by atoms with Gasteiger partial charge in [-0.3, -0.25) is 0 Å². The SMILES string of the molecule is CC(N[C@H](C)c1ccccc1F)c1ccc(Br)cc1. The zero-order valence-corrected chi connectivity index (χ0v) is 12.6. The Kier molecular flexibility index (Phi) is 4.72. The molecule has 2 rings (SSSR count). The van der Waals surface area contributed by atoms with Gasteiger partial charge >= 0.3 is 0 Å². The van der Waals surface area contributed by atoms with Gasteiger partial charge in [-0.1, -0.05) is 46.3 Å². The first-order valence-corrected chi connectivity index (χ1v) is 7.13. The maximum Gasteiger partial charge on any atom is 0.127 e. The molecular formula is C16H17BrFN. The van der Waals surface area contributed by atoms with E-state index < -0.39 is 0 Å². The summed E-state index contributed by atoms with van der Waals surface area (Å²) >= 11 is 3.42. The highest BCUT2D eigenvalue weighted by atomic mass is 79.9. The molecule has 1 nitrogen and oxygen atoms in total. The minimum absolute atomic E-state index is 0.0279. The topological polar surface area (TPSA) is 12.0 Å². The highest BCUT2D eigenvalue weighted by Crippen LogP contribution is 2.22. The Hall–Kier alpha value is -1.19.